The highest BCUT2D eigenvalue weighted by atomic mass is 19.4. The van der Waals surface area contributed by atoms with E-state index in [-0.39, 0.29) is 5.92 Å². The molecule has 200 valence electrons. The minimum absolute atomic E-state index is 0.134. The van der Waals surface area contributed by atoms with E-state index in [1.54, 1.807) is 31.3 Å². The Labute approximate surface area is 215 Å². The number of benzodiazepines with no additional fused rings is 1. The van der Waals surface area contributed by atoms with Crippen molar-refractivity contribution >= 4 is 23.2 Å². The number of rotatable bonds is 9. The van der Waals surface area contributed by atoms with Crippen LogP contribution in [0.15, 0.2) is 53.5 Å². The molecule has 2 aromatic carbocycles. The third-order valence-electron chi connectivity index (χ3n) is 6.49. The first kappa shape index (κ1) is 28.4. The van der Waals surface area contributed by atoms with Crippen LogP contribution in [0.4, 0.5) is 18.9 Å². The van der Waals surface area contributed by atoms with E-state index in [0.717, 1.165) is 25.0 Å². The van der Waals surface area contributed by atoms with E-state index < -0.39 is 41.7 Å². The topological polar surface area (TPSA) is 82.0 Å². The molecule has 37 heavy (non-hydrogen) atoms. The molecular formula is C28H34F3N3O3. The number of nitrogens with zero attached hydrogens (tertiary/aromatic N) is 2. The van der Waals surface area contributed by atoms with E-state index in [1.165, 1.54) is 17.0 Å². The molecule has 0 radical (unpaired) electrons. The zero-order chi connectivity index (χ0) is 27.3. The first-order valence-corrected chi connectivity index (χ1v) is 12.5. The highest BCUT2D eigenvalue weighted by Gasteiger charge is 2.35. The summed E-state index contributed by atoms with van der Waals surface area (Å²) in [5.41, 5.74) is 0.944. The molecule has 2 amide bonds. The lowest BCUT2D eigenvalue weighted by atomic mass is 9.88. The van der Waals surface area contributed by atoms with Crippen LogP contribution in [0.3, 0.4) is 0 Å². The SMILES string of the molecule is CCCC[C@H](O)[C@@H](CC(C)C)C(=O)NC1N=C(c2ccc(C(F)(F)F)cc2)c2ccccc2N(C)C1=O. The number of carbonyl (C=O) groups is 2. The Bertz CT molecular complexity index is 1130. The van der Waals surface area contributed by atoms with Crippen LogP contribution in [-0.4, -0.2) is 41.9 Å². The van der Waals surface area contributed by atoms with Crippen LogP contribution in [0, 0.1) is 11.8 Å². The molecule has 0 aliphatic carbocycles. The molecule has 9 heteroatoms. The van der Waals surface area contributed by atoms with Crippen molar-refractivity contribution < 1.29 is 27.9 Å². The minimum Gasteiger partial charge on any atom is -0.392 e. The second-order valence-electron chi connectivity index (χ2n) is 9.82. The molecule has 0 spiro atoms. The van der Waals surface area contributed by atoms with Gasteiger partial charge >= 0.3 is 6.18 Å². The van der Waals surface area contributed by atoms with Gasteiger partial charge in [0.25, 0.3) is 5.91 Å². The maximum Gasteiger partial charge on any atom is 0.416 e. The summed E-state index contributed by atoms with van der Waals surface area (Å²) in [4.78, 5) is 32.7. The predicted octanol–water partition coefficient (Wildman–Crippen LogP) is 5.17. The van der Waals surface area contributed by atoms with Gasteiger partial charge in [0.1, 0.15) is 0 Å². The average molecular weight is 518 g/mol. The first-order chi connectivity index (χ1) is 17.4. The van der Waals surface area contributed by atoms with Crippen molar-refractivity contribution in [2.45, 2.75) is 64.9 Å². The summed E-state index contributed by atoms with van der Waals surface area (Å²) in [5.74, 6) is -1.56. The quantitative estimate of drug-likeness (QED) is 0.481. The number of hydrogen-bond donors (Lipinski definition) is 2. The van der Waals surface area contributed by atoms with E-state index in [2.05, 4.69) is 10.3 Å². The second kappa shape index (κ2) is 11.9. The standard InChI is InChI=1S/C28H34F3N3O3/c1-5-6-11-23(35)21(16-17(2)3)26(36)33-25-27(37)34(4)22-10-8-7-9-20(22)24(32-25)18-12-14-19(15-13-18)28(29,30)31/h7-10,12-15,17,21,23,25,35H,5-6,11,16H2,1-4H3,(H,33,36)/t21-,23+,25?/m1/s1. The van der Waals surface area contributed by atoms with Gasteiger partial charge in [-0.25, -0.2) is 4.99 Å². The normalized spacial score (nSPS) is 17.6. The molecule has 1 unspecified atom stereocenters. The number of benzene rings is 2. The molecule has 3 atom stereocenters. The third kappa shape index (κ3) is 6.77. The molecule has 0 saturated carbocycles. The number of hydrogen-bond acceptors (Lipinski definition) is 4. The van der Waals surface area contributed by atoms with E-state index in [1.807, 2.05) is 20.8 Å². The van der Waals surface area contributed by atoms with Crippen LogP contribution in [0.5, 0.6) is 0 Å². The van der Waals surface area contributed by atoms with Crippen LogP contribution in [-0.2, 0) is 15.8 Å². The van der Waals surface area contributed by atoms with Crippen LogP contribution >= 0.6 is 0 Å². The Kier molecular flexibility index (Phi) is 9.12. The van der Waals surface area contributed by atoms with Crippen molar-refractivity contribution in [1.82, 2.24) is 5.32 Å². The summed E-state index contributed by atoms with van der Waals surface area (Å²) < 4.78 is 39.4. The van der Waals surface area contributed by atoms with Crippen molar-refractivity contribution in [2.75, 3.05) is 11.9 Å². The van der Waals surface area contributed by atoms with Gasteiger partial charge in [-0.15, -0.1) is 0 Å². The average Bonchev–Trinajstić information content (AvgIpc) is 2.96. The van der Waals surface area contributed by atoms with Crippen molar-refractivity contribution in [1.29, 1.82) is 0 Å². The zero-order valence-electron chi connectivity index (χ0n) is 21.5. The molecule has 1 aliphatic heterocycles. The summed E-state index contributed by atoms with van der Waals surface area (Å²) >= 11 is 0. The molecule has 2 N–H and O–H groups in total. The Morgan fingerprint density at radius 1 is 1.14 bits per heavy atom. The number of fused-ring (bicyclic) bond motifs is 1. The summed E-state index contributed by atoms with van der Waals surface area (Å²) in [7, 11) is 1.56. The van der Waals surface area contributed by atoms with Crippen LogP contribution < -0.4 is 10.2 Å². The van der Waals surface area contributed by atoms with Crippen LogP contribution in [0.2, 0.25) is 0 Å². The molecule has 2 aromatic rings. The Balaban J connectivity index is 2.02. The number of aliphatic hydroxyl groups excluding tert-OH is 1. The molecule has 1 heterocycles. The van der Waals surface area contributed by atoms with Gasteiger partial charge in [0.2, 0.25) is 12.1 Å². The van der Waals surface area contributed by atoms with Crippen molar-refractivity contribution in [3.8, 4) is 0 Å². The lowest BCUT2D eigenvalue weighted by Crippen LogP contribution is -2.49. The van der Waals surface area contributed by atoms with E-state index in [4.69, 9.17) is 0 Å². The Morgan fingerprint density at radius 3 is 2.38 bits per heavy atom. The maximum absolute atomic E-state index is 13.4. The van der Waals surface area contributed by atoms with E-state index >= 15 is 0 Å². The van der Waals surface area contributed by atoms with Crippen molar-refractivity contribution in [3.05, 3.63) is 65.2 Å². The molecule has 1 aliphatic rings. The Hall–Kier alpha value is -3.20. The van der Waals surface area contributed by atoms with Gasteiger partial charge in [0.05, 0.1) is 29.0 Å². The van der Waals surface area contributed by atoms with Crippen molar-refractivity contribution in [2.24, 2.45) is 16.8 Å². The predicted molar refractivity (Wildman–Crippen MR) is 137 cm³/mol. The molecule has 0 fully saturated rings. The van der Waals surface area contributed by atoms with Gasteiger partial charge < -0.3 is 15.3 Å². The number of anilines is 1. The zero-order valence-corrected chi connectivity index (χ0v) is 21.5. The molecular weight excluding hydrogens is 483 g/mol. The van der Waals surface area contributed by atoms with E-state index in [0.29, 0.717) is 35.4 Å². The number of carbonyl (C=O) groups excluding carboxylic acids is 2. The molecule has 0 bridgehead atoms. The fourth-order valence-electron chi connectivity index (χ4n) is 4.47. The fourth-order valence-corrected chi connectivity index (χ4v) is 4.47. The number of alkyl halides is 3. The summed E-state index contributed by atoms with van der Waals surface area (Å²) in [5, 5.41) is 13.5. The second-order valence-corrected chi connectivity index (χ2v) is 9.82. The number of halogens is 3. The smallest absolute Gasteiger partial charge is 0.392 e. The lowest BCUT2D eigenvalue weighted by molar-refractivity contribution is -0.137. The summed E-state index contributed by atoms with van der Waals surface area (Å²) in [6.07, 6.45) is -4.13. The van der Waals surface area contributed by atoms with Gasteiger partial charge in [0, 0.05) is 18.2 Å². The molecule has 0 aromatic heterocycles. The largest absolute Gasteiger partial charge is 0.416 e. The number of aliphatic imine (C=N–C) groups is 1. The molecule has 6 nitrogen and oxygen atoms in total. The van der Waals surface area contributed by atoms with Gasteiger partial charge in [-0.2, -0.15) is 13.2 Å². The number of para-hydroxylation sites is 1. The lowest BCUT2D eigenvalue weighted by Gasteiger charge is -2.26. The number of unbranched alkanes of at least 4 members (excludes halogenated alkanes) is 1. The molecule has 0 saturated heterocycles. The third-order valence-corrected chi connectivity index (χ3v) is 6.49. The van der Waals surface area contributed by atoms with Crippen molar-refractivity contribution in [3.63, 3.8) is 0 Å². The maximum atomic E-state index is 13.4. The summed E-state index contributed by atoms with van der Waals surface area (Å²) in [6, 6.07) is 11.5. The number of likely N-dealkylation sites (N-methyl/N-ethyl adjacent to an activating group) is 1. The summed E-state index contributed by atoms with van der Waals surface area (Å²) in [6.45, 7) is 5.91. The fraction of sp³-hybridized carbons (Fsp3) is 0.464. The van der Waals surface area contributed by atoms with Crippen LogP contribution in [0.25, 0.3) is 0 Å². The highest BCUT2D eigenvalue weighted by molar-refractivity contribution is 6.20. The van der Waals surface area contributed by atoms with Gasteiger partial charge in [0.15, 0.2) is 0 Å². The van der Waals surface area contributed by atoms with Gasteiger partial charge in [-0.3, -0.25) is 9.59 Å². The minimum atomic E-state index is -4.49. The molecule has 3 rings (SSSR count). The Morgan fingerprint density at radius 2 is 1.78 bits per heavy atom. The monoisotopic (exact) mass is 517 g/mol. The first-order valence-electron chi connectivity index (χ1n) is 12.5. The number of amides is 2. The van der Waals surface area contributed by atoms with Gasteiger partial charge in [-0.1, -0.05) is 63.9 Å². The van der Waals surface area contributed by atoms with E-state index in [9.17, 15) is 27.9 Å². The number of nitrogens with one attached hydrogen (secondary N) is 1. The van der Waals surface area contributed by atoms with Gasteiger partial charge in [-0.05, 0) is 37.0 Å². The number of aliphatic hydroxyl groups is 1. The highest BCUT2D eigenvalue weighted by Crippen LogP contribution is 2.31. The van der Waals surface area contributed by atoms with Crippen LogP contribution in [0.1, 0.15) is 63.1 Å².